The number of nitrogens with one attached hydrogen (secondary N) is 1. The number of nitrogens with zero attached hydrogens (tertiary/aromatic N) is 2. The second-order valence-electron chi connectivity index (χ2n) is 6.70. The number of hydrogen-bond donors (Lipinski definition) is 1. The monoisotopic (exact) mass is 407 g/mol. The van der Waals surface area contributed by atoms with Crippen LogP contribution in [0.1, 0.15) is 18.4 Å². The highest BCUT2D eigenvalue weighted by Gasteiger charge is 2.07. The molecule has 3 aromatic rings. The highest BCUT2D eigenvalue weighted by atomic mass is 16.5. The topological polar surface area (TPSA) is 82.5 Å². The molecule has 7 heteroatoms. The van der Waals surface area contributed by atoms with Crippen molar-refractivity contribution in [2.45, 2.75) is 25.9 Å². The minimum absolute atomic E-state index is 0.0831. The molecule has 30 heavy (non-hydrogen) atoms. The van der Waals surface area contributed by atoms with E-state index in [1.165, 1.54) is 10.7 Å². The van der Waals surface area contributed by atoms with Gasteiger partial charge in [-0.2, -0.15) is 5.10 Å². The number of rotatable bonds is 9. The van der Waals surface area contributed by atoms with Crippen LogP contribution in [-0.4, -0.2) is 29.9 Å². The van der Waals surface area contributed by atoms with Gasteiger partial charge in [0.25, 0.3) is 5.56 Å². The fourth-order valence-electron chi connectivity index (χ4n) is 3.05. The molecule has 1 heterocycles. The largest absolute Gasteiger partial charge is 0.497 e. The molecule has 0 saturated heterocycles. The molecular formula is C23H25N3O4. The summed E-state index contributed by atoms with van der Waals surface area (Å²) >= 11 is 0. The summed E-state index contributed by atoms with van der Waals surface area (Å²) in [6, 6.07) is 18.2. The van der Waals surface area contributed by atoms with E-state index in [9.17, 15) is 9.59 Å². The number of hydrogen-bond acceptors (Lipinski definition) is 5. The summed E-state index contributed by atoms with van der Waals surface area (Å²) in [5.41, 5.74) is 2.30. The number of carbonyl (C=O) groups excluding carboxylic acids is 1. The molecule has 0 bridgehead atoms. The van der Waals surface area contributed by atoms with Crippen LogP contribution < -0.4 is 20.3 Å². The number of methoxy groups -OCH3 is 2. The van der Waals surface area contributed by atoms with Gasteiger partial charge in [0.15, 0.2) is 0 Å². The number of benzene rings is 2. The van der Waals surface area contributed by atoms with Crippen molar-refractivity contribution in [1.82, 2.24) is 15.1 Å². The number of aryl methyl sites for hydroxylation is 1. The molecule has 0 aliphatic heterocycles. The standard InChI is InChI=1S/C23H25N3O4/c1-29-19-11-9-17(10-12-19)20-13-14-23(28)26(25-20)15-5-8-22(27)24-16-18-6-3-4-7-21(18)30-2/h3-4,6-7,9-14H,5,8,15-16H2,1-2H3,(H,24,27). The van der Waals surface area contributed by atoms with Crippen LogP contribution in [0.25, 0.3) is 11.3 Å². The van der Waals surface area contributed by atoms with Gasteiger partial charge in [0.05, 0.1) is 19.9 Å². The molecule has 0 atom stereocenters. The Kier molecular flexibility index (Phi) is 7.21. The molecular weight excluding hydrogens is 382 g/mol. The third-order valence-corrected chi connectivity index (χ3v) is 4.69. The van der Waals surface area contributed by atoms with Gasteiger partial charge in [-0.3, -0.25) is 9.59 Å². The lowest BCUT2D eigenvalue weighted by atomic mass is 10.1. The van der Waals surface area contributed by atoms with Crippen molar-refractivity contribution in [3.05, 3.63) is 76.6 Å². The molecule has 0 aliphatic rings. The number of para-hydroxylation sites is 1. The quantitative estimate of drug-likeness (QED) is 0.590. The summed E-state index contributed by atoms with van der Waals surface area (Å²) in [5.74, 6) is 1.41. The smallest absolute Gasteiger partial charge is 0.266 e. The molecule has 1 amide bonds. The van der Waals surface area contributed by atoms with Gasteiger partial charge in [-0.1, -0.05) is 18.2 Å². The predicted octanol–water partition coefficient (Wildman–Crippen LogP) is 3.02. The molecule has 7 nitrogen and oxygen atoms in total. The number of carbonyl (C=O) groups is 1. The molecule has 0 saturated carbocycles. The van der Waals surface area contributed by atoms with E-state index in [0.29, 0.717) is 31.6 Å². The fourth-order valence-corrected chi connectivity index (χ4v) is 3.05. The Morgan fingerprint density at radius 1 is 1.00 bits per heavy atom. The maximum atomic E-state index is 12.2. The lowest BCUT2D eigenvalue weighted by Gasteiger charge is -2.10. The minimum atomic E-state index is -0.193. The SMILES string of the molecule is COc1ccc(-c2ccc(=O)n(CCCC(=O)NCc3ccccc3OC)n2)cc1. The van der Waals surface area contributed by atoms with Crippen molar-refractivity contribution in [1.29, 1.82) is 0 Å². The Bertz CT molecular complexity index is 1040. The molecule has 0 radical (unpaired) electrons. The van der Waals surface area contributed by atoms with Crippen LogP contribution in [0.4, 0.5) is 0 Å². The zero-order valence-corrected chi connectivity index (χ0v) is 17.1. The van der Waals surface area contributed by atoms with Crippen LogP contribution in [0.3, 0.4) is 0 Å². The van der Waals surface area contributed by atoms with E-state index in [-0.39, 0.29) is 11.5 Å². The normalized spacial score (nSPS) is 10.5. The molecule has 1 aromatic heterocycles. The van der Waals surface area contributed by atoms with Crippen molar-refractivity contribution in [3.8, 4) is 22.8 Å². The number of ether oxygens (including phenoxy) is 2. The molecule has 0 fully saturated rings. The van der Waals surface area contributed by atoms with Gasteiger partial charge in [0.1, 0.15) is 11.5 Å². The van der Waals surface area contributed by atoms with Crippen LogP contribution in [0.15, 0.2) is 65.5 Å². The van der Waals surface area contributed by atoms with Gasteiger partial charge >= 0.3 is 0 Å². The van der Waals surface area contributed by atoms with Gasteiger partial charge in [0, 0.05) is 36.7 Å². The molecule has 0 spiro atoms. The average Bonchev–Trinajstić information content (AvgIpc) is 2.79. The zero-order valence-electron chi connectivity index (χ0n) is 17.1. The van der Waals surface area contributed by atoms with E-state index in [1.807, 2.05) is 48.5 Å². The van der Waals surface area contributed by atoms with Crippen LogP contribution in [0.5, 0.6) is 11.5 Å². The lowest BCUT2D eigenvalue weighted by Crippen LogP contribution is -2.25. The van der Waals surface area contributed by atoms with Gasteiger partial charge in [0.2, 0.25) is 5.91 Å². The number of amides is 1. The molecule has 156 valence electrons. The molecule has 3 rings (SSSR count). The molecule has 0 unspecified atom stereocenters. The fraction of sp³-hybridized carbons (Fsp3) is 0.261. The van der Waals surface area contributed by atoms with Gasteiger partial charge in [-0.15, -0.1) is 0 Å². The van der Waals surface area contributed by atoms with E-state index < -0.39 is 0 Å². The van der Waals surface area contributed by atoms with Crippen molar-refractivity contribution in [3.63, 3.8) is 0 Å². The van der Waals surface area contributed by atoms with E-state index >= 15 is 0 Å². The van der Waals surface area contributed by atoms with Crippen LogP contribution >= 0.6 is 0 Å². The summed E-state index contributed by atoms with van der Waals surface area (Å²) in [4.78, 5) is 24.3. The summed E-state index contributed by atoms with van der Waals surface area (Å²) in [7, 11) is 3.21. The first kappa shape index (κ1) is 21.1. The Labute approximate surface area is 175 Å². The second-order valence-corrected chi connectivity index (χ2v) is 6.70. The molecule has 2 aromatic carbocycles. The van der Waals surface area contributed by atoms with Crippen molar-refractivity contribution in [2.75, 3.05) is 14.2 Å². The third-order valence-electron chi connectivity index (χ3n) is 4.69. The predicted molar refractivity (Wildman–Crippen MR) is 115 cm³/mol. The van der Waals surface area contributed by atoms with Crippen LogP contribution in [0, 0.1) is 0 Å². The van der Waals surface area contributed by atoms with Gasteiger partial charge in [-0.25, -0.2) is 4.68 Å². The van der Waals surface area contributed by atoms with Crippen molar-refractivity contribution >= 4 is 5.91 Å². The van der Waals surface area contributed by atoms with E-state index in [4.69, 9.17) is 9.47 Å². The van der Waals surface area contributed by atoms with Gasteiger partial charge in [-0.05, 0) is 42.8 Å². The first-order valence-electron chi connectivity index (χ1n) is 9.72. The highest BCUT2D eigenvalue weighted by molar-refractivity contribution is 5.75. The Balaban J connectivity index is 1.55. The zero-order chi connectivity index (χ0) is 21.3. The summed E-state index contributed by atoms with van der Waals surface area (Å²) in [6.45, 7) is 0.763. The summed E-state index contributed by atoms with van der Waals surface area (Å²) in [6.07, 6.45) is 0.812. The van der Waals surface area contributed by atoms with E-state index in [0.717, 1.165) is 22.6 Å². The maximum Gasteiger partial charge on any atom is 0.266 e. The number of aromatic nitrogens is 2. The van der Waals surface area contributed by atoms with Crippen LogP contribution in [-0.2, 0) is 17.9 Å². The van der Waals surface area contributed by atoms with E-state index in [2.05, 4.69) is 10.4 Å². The lowest BCUT2D eigenvalue weighted by molar-refractivity contribution is -0.121. The van der Waals surface area contributed by atoms with Crippen molar-refractivity contribution < 1.29 is 14.3 Å². The maximum absolute atomic E-state index is 12.2. The van der Waals surface area contributed by atoms with E-state index in [1.54, 1.807) is 20.3 Å². The minimum Gasteiger partial charge on any atom is -0.497 e. The summed E-state index contributed by atoms with van der Waals surface area (Å²) < 4.78 is 11.8. The van der Waals surface area contributed by atoms with Crippen molar-refractivity contribution in [2.24, 2.45) is 0 Å². The van der Waals surface area contributed by atoms with Crippen LogP contribution in [0.2, 0.25) is 0 Å². The van der Waals surface area contributed by atoms with Gasteiger partial charge < -0.3 is 14.8 Å². The molecule has 1 N–H and O–H groups in total. The summed E-state index contributed by atoms with van der Waals surface area (Å²) in [5, 5.41) is 7.31. The third kappa shape index (κ3) is 5.47. The first-order valence-corrected chi connectivity index (χ1v) is 9.72. The second kappa shape index (κ2) is 10.2. The average molecular weight is 407 g/mol. The Morgan fingerprint density at radius 2 is 1.77 bits per heavy atom. The highest BCUT2D eigenvalue weighted by Crippen LogP contribution is 2.19. The molecule has 0 aliphatic carbocycles. The Hall–Kier alpha value is -3.61. The first-order chi connectivity index (χ1) is 14.6. The Morgan fingerprint density at radius 3 is 2.50 bits per heavy atom.